The average Bonchev–Trinajstić information content (AvgIpc) is 2.51. The van der Waals surface area contributed by atoms with Crippen molar-refractivity contribution in [3.8, 4) is 5.75 Å². The third kappa shape index (κ3) is 5.83. The van der Waals surface area contributed by atoms with Crippen molar-refractivity contribution in [3.63, 3.8) is 0 Å². The molecule has 8 heteroatoms. The van der Waals surface area contributed by atoms with Crippen LogP contribution < -0.4 is 16.2 Å². The number of carbonyl (C=O) groups excluding carboxylic acids is 1. The van der Waals surface area contributed by atoms with E-state index < -0.39 is 29.9 Å². The summed E-state index contributed by atoms with van der Waals surface area (Å²) in [6.07, 6.45) is -4.59. The molecule has 2 rings (SSSR count). The van der Waals surface area contributed by atoms with Gasteiger partial charge in [-0.15, -0.1) is 13.2 Å². The van der Waals surface area contributed by atoms with Crippen LogP contribution in [0.2, 0.25) is 0 Å². The van der Waals surface area contributed by atoms with Gasteiger partial charge in [0.2, 0.25) is 0 Å². The van der Waals surface area contributed by atoms with E-state index in [1.807, 2.05) is 6.07 Å². The summed E-state index contributed by atoms with van der Waals surface area (Å²) in [4.78, 5) is 15.9. The van der Waals surface area contributed by atoms with Crippen molar-refractivity contribution in [2.75, 3.05) is 0 Å². The van der Waals surface area contributed by atoms with Gasteiger partial charge in [-0.2, -0.15) is 4.99 Å². The van der Waals surface area contributed by atoms with Gasteiger partial charge in [0, 0.05) is 0 Å². The first kappa shape index (κ1) is 18.3. The van der Waals surface area contributed by atoms with E-state index in [1.165, 1.54) is 12.1 Å². The molecule has 2 aromatic carbocycles. The second kappa shape index (κ2) is 7.69. The van der Waals surface area contributed by atoms with Gasteiger partial charge in [0.05, 0.1) is 5.92 Å². The summed E-state index contributed by atoms with van der Waals surface area (Å²) in [6, 6.07) is 14.2. The van der Waals surface area contributed by atoms with Crippen molar-refractivity contribution in [3.05, 3.63) is 65.7 Å². The van der Waals surface area contributed by atoms with Crippen molar-refractivity contribution < 1.29 is 22.7 Å². The predicted octanol–water partition coefficient (Wildman–Crippen LogP) is 2.71. The molecule has 0 bridgehead atoms. The molecule has 0 fully saturated rings. The lowest BCUT2D eigenvalue weighted by Gasteiger charge is -2.16. The molecule has 0 radical (unpaired) electrons. The fraction of sp³-hybridized carbons (Fsp3) is 0.176. The van der Waals surface area contributed by atoms with E-state index in [0.717, 1.165) is 17.7 Å². The van der Waals surface area contributed by atoms with Gasteiger partial charge < -0.3 is 16.2 Å². The van der Waals surface area contributed by atoms with E-state index in [1.54, 1.807) is 24.3 Å². The predicted molar refractivity (Wildman–Crippen MR) is 86.8 cm³/mol. The largest absolute Gasteiger partial charge is 0.573 e. The Morgan fingerprint density at radius 1 is 1.08 bits per heavy atom. The van der Waals surface area contributed by atoms with Crippen molar-refractivity contribution in [2.24, 2.45) is 16.5 Å². The standard InChI is InChI=1S/C17H16F3N3O2/c18-17(19,20)25-13-8-4-7-12(10-13)14(15(24)23-16(21)22)9-11-5-2-1-3-6-11/h1-8,10,14H,9H2,(H4,21,22,23,24)/t14-/m0/s1. The molecule has 25 heavy (non-hydrogen) atoms. The smallest absolute Gasteiger partial charge is 0.406 e. The summed E-state index contributed by atoms with van der Waals surface area (Å²) in [5.41, 5.74) is 11.6. The molecule has 0 aliphatic heterocycles. The highest BCUT2D eigenvalue weighted by Gasteiger charge is 2.31. The topological polar surface area (TPSA) is 90.7 Å². The van der Waals surface area contributed by atoms with E-state index in [0.29, 0.717) is 5.56 Å². The van der Waals surface area contributed by atoms with Crippen LogP contribution in [0.15, 0.2) is 59.6 Å². The fourth-order valence-corrected chi connectivity index (χ4v) is 2.33. The number of carbonyl (C=O) groups is 1. The van der Waals surface area contributed by atoms with E-state index in [-0.39, 0.29) is 6.42 Å². The molecule has 2 aromatic rings. The van der Waals surface area contributed by atoms with Crippen LogP contribution in [0.5, 0.6) is 5.75 Å². The second-order valence-electron chi connectivity index (χ2n) is 5.24. The maximum absolute atomic E-state index is 12.4. The summed E-state index contributed by atoms with van der Waals surface area (Å²) in [7, 11) is 0. The number of hydrogen-bond acceptors (Lipinski definition) is 2. The lowest BCUT2D eigenvalue weighted by molar-refractivity contribution is -0.274. The Morgan fingerprint density at radius 2 is 1.76 bits per heavy atom. The summed E-state index contributed by atoms with van der Waals surface area (Å²) in [5.74, 6) is -2.32. The minimum Gasteiger partial charge on any atom is -0.406 e. The molecular formula is C17H16F3N3O2. The summed E-state index contributed by atoms with van der Waals surface area (Å²) < 4.78 is 41.1. The average molecular weight is 351 g/mol. The minimum atomic E-state index is -4.82. The number of nitrogens with two attached hydrogens (primary N) is 2. The van der Waals surface area contributed by atoms with Crippen LogP contribution in [-0.2, 0) is 11.2 Å². The number of aliphatic imine (C=N–C) groups is 1. The maximum Gasteiger partial charge on any atom is 0.573 e. The zero-order valence-electron chi connectivity index (χ0n) is 13.0. The monoisotopic (exact) mass is 351 g/mol. The third-order valence-corrected chi connectivity index (χ3v) is 3.31. The molecule has 0 spiro atoms. The van der Waals surface area contributed by atoms with Crippen LogP contribution in [0.25, 0.3) is 0 Å². The number of rotatable bonds is 5. The minimum absolute atomic E-state index is 0.228. The van der Waals surface area contributed by atoms with Gasteiger partial charge in [-0.05, 0) is 29.7 Å². The zero-order chi connectivity index (χ0) is 18.4. The van der Waals surface area contributed by atoms with Gasteiger partial charge >= 0.3 is 6.36 Å². The number of guanidine groups is 1. The molecule has 1 atom stereocenters. The Kier molecular flexibility index (Phi) is 5.63. The highest BCUT2D eigenvalue weighted by molar-refractivity contribution is 5.95. The van der Waals surface area contributed by atoms with Crippen LogP contribution in [0.1, 0.15) is 17.0 Å². The first-order chi connectivity index (χ1) is 11.7. The van der Waals surface area contributed by atoms with Gasteiger partial charge in [0.15, 0.2) is 5.96 Å². The normalized spacial score (nSPS) is 12.3. The van der Waals surface area contributed by atoms with E-state index >= 15 is 0 Å². The number of nitrogens with zero attached hydrogens (tertiary/aromatic N) is 1. The van der Waals surface area contributed by atoms with E-state index in [2.05, 4.69) is 9.73 Å². The maximum atomic E-state index is 12.4. The summed E-state index contributed by atoms with van der Waals surface area (Å²) in [6.45, 7) is 0. The Labute approximate surface area is 142 Å². The lowest BCUT2D eigenvalue weighted by atomic mass is 9.91. The van der Waals surface area contributed by atoms with Gasteiger partial charge in [0.25, 0.3) is 5.91 Å². The van der Waals surface area contributed by atoms with Crippen molar-refractivity contribution in [1.29, 1.82) is 0 Å². The molecule has 0 aromatic heterocycles. The first-order valence-electron chi connectivity index (χ1n) is 7.28. The van der Waals surface area contributed by atoms with Crippen LogP contribution in [0, 0.1) is 0 Å². The molecule has 0 heterocycles. The Hall–Kier alpha value is -3.03. The molecule has 1 amide bonds. The van der Waals surface area contributed by atoms with Crippen molar-refractivity contribution in [2.45, 2.75) is 18.7 Å². The van der Waals surface area contributed by atoms with Crippen molar-refractivity contribution in [1.82, 2.24) is 0 Å². The molecule has 0 unspecified atom stereocenters. The zero-order valence-corrected chi connectivity index (χ0v) is 13.0. The number of hydrogen-bond donors (Lipinski definition) is 2. The van der Waals surface area contributed by atoms with Crippen molar-refractivity contribution >= 4 is 11.9 Å². The Morgan fingerprint density at radius 3 is 2.36 bits per heavy atom. The van der Waals surface area contributed by atoms with Crippen LogP contribution in [-0.4, -0.2) is 18.2 Å². The highest BCUT2D eigenvalue weighted by atomic mass is 19.4. The van der Waals surface area contributed by atoms with Gasteiger partial charge in [-0.1, -0.05) is 42.5 Å². The molecule has 0 saturated carbocycles. The number of amides is 1. The second-order valence-corrected chi connectivity index (χ2v) is 5.24. The highest BCUT2D eigenvalue weighted by Crippen LogP contribution is 2.29. The van der Waals surface area contributed by atoms with Gasteiger partial charge in [0.1, 0.15) is 5.75 Å². The Balaban J connectivity index is 2.36. The molecule has 132 valence electrons. The number of alkyl halides is 3. The molecule has 5 nitrogen and oxygen atoms in total. The number of ether oxygens (including phenoxy) is 1. The van der Waals surface area contributed by atoms with E-state index in [4.69, 9.17) is 11.5 Å². The molecule has 0 aliphatic carbocycles. The summed E-state index contributed by atoms with van der Waals surface area (Å²) in [5, 5.41) is 0. The van der Waals surface area contributed by atoms with Crippen LogP contribution in [0.3, 0.4) is 0 Å². The lowest BCUT2D eigenvalue weighted by Crippen LogP contribution is -2.26. The molecular weight excluding hydrogens is 335 g/mol. The number of benzene rings is 2. The first-order valence-corrected chi connectivity index (χ1v) is 7.28. The SMILES string of the molecule is NC(N)=NC(=O)[C@@H](Cc1ccccc1)c1cccc(OC(F)(F)F)c1. The van der Waals surface area contributed by atoms with Gasteiger partial charge in [-0.3, -0.25) is 4.79 Å². The molecule has 4 N–H and O–H groups in total. The molecule has 0 saturated heterocycles. The number of halogens is 3. The summed E-state index contributed by atoms with van der Waals surface area (Å²) >= 11 is 0. The third-order valence-electron chi connectivity index (χ3n) is 3.31. The molecule has 0 aliphatic rings. The van der Waals surface area contributed by atoms with Crippen LogP contribution in [0.4, 0.5) is 13.2 Å². The van der Waals surface area contributed by atoms with Crippen LogP contribution >= 0.6 is 0 Å². The quantitative estimate of drug-likeness (QED) is 0.640. The van der Waals surface area contributed by atoms with E-state index in [9.17, 15) is 18.0 Å². The fourth-order valence-electron chi connectivity index (χ4n) is 2.33. The van der Waals surface area contributed by atoms with Gasteiger partial charge in [-0.25, -0.2) is 0 Å². The Bertz CT molecular complexity index is 757.